The van der Waals surface area contributed by atoms with Crippen LogP contribution < -0.4 is 10.5 Å². The van der Waals surface area contributed by atoms with Crippen LogP contribution in [0, 0.1) is 6.92 Å². The highest BCUT2D eigenvalue weighted by atomic mass is 32.2. The first-order valence-electron chi connectivity index (χ1n) is 5.29. The number of methoxy groups -OCH3 is 1. The van der Waals surface area contributed by atoms with Crippen LogP contribution in [0.3, 0.4) is 0 Å². The van der Waals surface area contributed by atoms with E-state index in [1.807, 2.05) is 32.9 Å². The Kier molecular flexibility index (Phi) is 4.62. The Labute approximate surface area is 102 Å². The van der Waals surface area contributed by atoms with Crippen molar-refractivity contribution in [2.24, 2.45) is 5.73 Å². The quantitative estimate of drug-likeness (QED) is 0.858. The summed E-state index contributed by atoms with van der Waals surface area (Å²) >= 11 is 1.80. The third kappa shape index (κ3) is 4.86. The molecular formula is C12H20N2OS. The van der Waals surface area contributed by atoms with Crippen LogP contribution >= 0.6 is 11.8 Å². The van der Waals surface area contributed by atoms with E-state index in [0.717, 1.165) is 28.6 Å². The maximum atomic E-state index is 5.92. The number of rotatable bonds is 5. The van der Waals surface area contributed by atoms with Crippen molar-refractivity contribution in [1.29, 1.82) is 0 Å². The first-order valence-corrected chi connectivity index (χ1v) is 6.44. The van der Waals surface area contributed by atoms with Gasteiger partial charge >= 0.3 is 0 Å². The standard InChI is InChI=1S/C12H20N2OS/c1-9-5-11(15-4)6-10(14-9)7-16-8-12(2,3)13/h5-6H,7-8,13H2,1-4H3. The SMILES string of the molecule is COc1cc(C)nc(CSCC(C)(C)N)c1. The molecule has 0 saturated carbocycles. The summed E-state index contributed by atoms with van der Waals surface area (Å²) < 4.78 is 5.21. The molecule has 1 aromatic rings. The van der Waals surface area contributed by atoms with Crippen molar-refractivity contribution in [2.45, 2.75) is 32.1 Å². The second-order valence-electron chi connectivity index (χ2n) is 4.62. The molecule has 4 heteroatoms. The fourth-order valence-corrected chi connectivity index (χ4v) is 2.30. The van der Waals surface area contributed by atoms with Crippen LogP contribution in [0.2, 0.25) is 0 Å². The smallest absolute Gasteiger partial charge is 0.122 e. The molecular weight excluding hydrogens is 220 g/mol. The van der Waals surface area contributed by atoms with Crippen molar-refractivity contribution in [3.8, 4) is 5.75 Å². The Morgan fingerprint density at radius 3 is 2.69 bits per heavy atom. The van der Waals surface area contributed by atoms with E-state index in [1.54, 1.807) is 18.9 Å². The zero-order chi connectivity index (χ0) is 12.2. The molecule has 0 amide bonds. The Hall–Kier alpha value is -0.740. The van der Waals surface area contributed by atoms with E-state index in [9.17, 15) is 0 Å². The third-order valence-electron chi connectivity index (χ3n) is 1.94. The summed E-state index contributed by atoms with van der Waals surface area (Å²) in [6.45, 7) is 6.04. The van der Waals surface area contributed by atoms with Gasteiger partial charge in [0, 0.05) is 34.9 Å². The lowest BCUT2D eigenvalue weighted by Crippen LogP contribution is -2.34. The maximum absolute atomic E-state index is 5.92. The van der Waals surface area contributed by atoms with Gasteiger partial charge in [0.1, 0.15) is 5.75 Å². The van der Waals surface area contributed by atoms with Crippen molar-refractivity contribution >= 4 is 11.8 Å². The molecule has 16 heavy (non-hydrogen) atoms. The van der Waals surface area contributed by atoms with Crippen molar-refractivity contribution < 1.29 is 4.74 Å². The average Bonchev–Trinajstić information content (AvgIpc) is 2.14. The van der Waals surface area contributed by atoms with E-state index >= 15 is 0 Å². The minimum atomic E-state index is -0.126. The van der Waals surface area contributed by atoms with Gasteiger partial charge in [-0.3, -0.25) is 4.98 Å². The van der Waals surface area contributed by atoms with Crippen LogP contribution in [-0.2, 0) is 5.75 Å². The summed E-state index contributed by atoms with van der Waals surface area (Å²) in [6, 6.07) is 3.91. The Balaban J connectivity index is 2.57. The number of nitrogens with two attached hydrogens (primary N) is 1. The summed E-state index contributed by atoms with van der Waals surface area (Å²) in [5.74, 6) is 2.67. The summed E-state index contributed by atoms with van der Waals surface area (Å²) in [5.41, 5.74) is 7.83. The second kappa shape index (κ2) is 5.55. The van der Waals surface area contributed by atoms with Crippen molar-refractivity contribution in [3.63, 3.8) is 0 Å². The number of pyridine rings is 1. The molecule has 0 radical (unpaired) electrons. The topological polar surface area (TPSA) is 48.1 Å². The molecule has 0 aliphatic carbocycles. The van der Waals surface area contributed by atoms with Gasteiger partial charge in [0.15, 0.2) is 0 Å². The molecule has 0 fully saturated rings. The molecule has 2 N–H and O–H groups in total. The maximum Gasteiger partial charge on any atom is 0.122 e. The molecule has 1 heterocycles. The van der Waals surface area contributed by atoms with Crippen LogP contribution in [0.5, 0.6) is 5.75 Å². The van der Waals surface area contributed by atoms with Crippen molar-refractivity contribution in [2.75, 3.05) is 12.9 Å². The molecule has 90 valence electrons. The highest BCUT2D eigenvalue weighted by Gasteiger charge is 2.10. The zero-order valence-electron chi connectivity index (χ0n) is 10.4. The molecule has 0 aliphatic heterocycles. The van der Waals surface area contributed by atoms with Crippen molar-refractivity contribution in [1.82, 2.24) is 4.98 Å². The van der Waals surface area contributed by atoms with E-state index in [4.69, 9.17) is 10.5 Å². The molecule has 3 nitrogen and oxygen atoms in total. The second-order valence-corrected chi connectivity index (χ2v) is 5.61. The molecule has 0 saturated heterocycles. The summed E-state index contributed by atoms with van der Waals surface area (Å²) in [4.78, 5) is 4.46. The van der Waals surface area contributed by atoms with Gasteiger partial charge in [0.05, 0.1) is 12.8 Å². The third-order valence-corrected chi connectivity index (χ3v) is 3.39. The van der Waals surface area contributed by atoms with Crippen LogP contribution in [0.15, 0.2) is 12.1 Å². The normalized spacial score (nSPS) is 11.6. The van der Waals surface area contributed by atoms with Crippen molar-refractivity contribution in [3.05, 3.63) is 23.5 Å². The lowest BCUT2D eigenvalue weighted by molar-refractivity contribution is 0.413. The molecule has 0 aliphatic rings. The fraction of sp³-hybridized carbons (Fsp3) is 0.583. The first-order chi connectivity index (χ1) is 7.40. The largest absolute Gasteiger partial charge is 0.497 e. The van der Waals surface area contributed by atoms with E-state index in [-0.39, 0.29) is 5.54 Å². The van der Waals surface area contributed by atoms with E-state index in [0.29, 0.717) is 0 Å². The lowest BCUT2D eigenvalue weighted by Gasteiger charge is -2.17. The van der Waals surface area contributed by atoms with Gasteiger partial charge in [-0.15, -0.1) is 0 Å². The monoisotopic (exact) mass is 240 g/mol. The Morgan fingerprint density at radius 1 is 1.44 bits per heavy atom. The highest BCUT2D eigenvalue weighted by Crippen LogP contribution is 2.19. The fourth-order valence-electron chi connectivity index (χ4n) is 1.31. The molecule has 0 unspecified atom stereocenters. The Bertz CT molecular complexity index is 347. The first kappa shape index (κ1) is 13.3. The van der Waals surface area contributed by atoms with Gasteiger partial charge in [0.25, 0.3) is 0 Å². The van der Waals surface area contributed by atoms with Crippen LogP contribution in [0.4, 0.5) is 0 Å². The van der Waals surface area contributed by atoms with E-state index < -0.39 is 0 Å². The van der Waals surface area contributed by atoms with Gasteiger partial charge in [-0.25, -0.2) is 0 Å². The molecule has 0 bridgehead atoms. The predicted molar refractivity (Wildman–Crippen MR) is 70.0 cm³/mol. The number of hydrogen-bond donors (Lipinski definition) is 1. The minimum absolute atomic E-state index is 0.126. The number of hydrogen-bond acceptors (Lipinski definition) is 4. The highest BCUT2D eigenvalue weighted by molar-refractivity contribution is 7.98. The van der Waals surface area contributed by atoms with Gasteiger partial charge in [-0.2, -0.15) is 11.8 Å². The predicted octanol–water partition coefficient (Wildman–Crippen LogP) is 2.37. The summed E-state index contributed by atoms with van der Waals surface area (Å²) in [5, 5.41) is 0. The summed E-state index contributed by atoms with van der Waals surface area (Å²) in [7, 11) is 1.68. The minimum Gasteiger partial charge on any atom is -0.497 e. The summed E-state index contributed by atoms with van der Waals surface area (Å²) in [6.07, 6.45) is 0. The molecule has 1 rings (SSSR count). The average molecular weight is 240 g/mol. The van der Waals surface area contributed by atoms with Gasteiger partial charge in [0.2, 0.25) is 0 Å². The molecule has 0 spiro atoms. The number of ether oxygens (including phenoxy) is 1. The van der Waals surface area contributed by atoms with Gasteiger partial charge in [-0.1, -0.05) is 0 Å². The molecule has 0 atom stereocenters. The van der Waals surface area contributed by atoms with E-state index in [1.165, 1.54) is 0 Å². The molecule has 1 aromatic heterocycles. The van der Waals surface area contributed by atoms with Crippen LogP contribution in [0.25, 0.3) is 0 Å². The molecule has 0 aromatic carbocycles. The number of thioether (sulfide) groups is 1. The zero-order valence-corrected chi connectivity index (χ0v) is 11.2. The number of nitrogens with zero attached hydrogens (tertiary/aromatic N) is 1. The lowest BCUT2D eigenvalue weighted by atomic mass is 10.1. The van der Waals surface area contributed by atoms with E-state index in [2.05, 4.69) is 4.98 Å². The van der Waals surface area contributed by atoms with Gasteiger partial charge < -0.3 is 10.5 Å². The van der Waals surface area contributed by atoms with Gasteiger partial charge in [-0.05, 0) is 20.8 Å². The van der Waals surface area contributed by atoms with Crippen LogP contribution in [0.1, 0.15) is 25.2 Å². The number of aryl methyl sites for hydroxylation is 1. The number of aromatic nitrogens is 1. The Morgan fingerprint density at radius 2 is 2.12 bits per heavy atom. The van der Waals surface area contributed by atoms with Crippen LogP contribution in [-0.4, -0.2) is 23.4 Å².